The largest absolute Gasteiger partial charge is 0.385 e. The van der Waals surface area contributed by atoms with Crippen molar-refractivity contribution in [1.82, 2.24) is 15.0 Å². The van der Waals surface area contributed by atoms with Gasteiger partial charge in [-0.3, -0.25) is 0 Å². The molecule has 1 heterocycles. The molecule has 1 aromatic heterocycles. The van der Waals surface area contributed by atoms with E-state index < -0.39 is 0 Å². The van der Waals surface area contributed by atoms with Gasteiger partial charge in [-0.15, -0.1) is 5.10 Å². The lowest BCUT2D eigenvalue weighted by molar-refractivity contribution is 0.178. The molecule has 1 aromatic rings. The van der Waals surface area contributed by atoms with E-state index in [1.807, 2.05) is 10.9 Å². The van der Waals surface area contributed by atoms with Gasteiger partial charge in [0.05, 0.1) is 16.6 Å². The highest BCUT2D eigenvalue weighted by atomic mass is 79.9. The van der Waals surface area contributed by atoms with E-state index in [2.05, 4.69) is 40.1 Å². The number of halogens is 1. The fraction of sp³-hybridized carbons (Fsp3) is 0.800. The van der Waals surface area contributed by atoms with Gasteiger partial charge in [0.25, 0.3) is 0 Å². The van der Waals surface area contributed by atoms with Crippen LogP contribution in [-0.4, -0.2) is 28.7 Å². The average molecular weight is 276 g/mol. The number of methoxy groups -OCH3 is 1. The minimum Gasteiger partial charge on any atom is -0.385 e. The SMILES string of the molecule is CCC(Br)c1cn(C(C)CCOC)nn1. The third-order valence-electron chi connectivity index (χ3n) is 2.40. The van der Waals surface area contributed by atoms with Crippen molar-refractivity contribution in [2.75, 3.05) is 13.7 Å². The van der Waals surface area contributed by atoms with Gasteiger partial charge in [0.15, 0.2) is 0 Å². The summed E-state index contributed by atoms with van der Waals surface area (Å²) in [5.41, 5.74) is 1.00. The van der Waals surface area contributed by atoms with Crippen LogP contribution in [0.2, 0.25) is 0 Å². The van der Waals surface area contributed by atoms with E-state index in [1.165, 1.54) is 0 Å². The molecule has 86 valence electrons. The summed E-state index contributed by atoms with van der Waals surface area (Å²) in [5, 5.41) is 8.26. The maximum absolute atomic E-state index is 5.04. The topological polar surface area (TPSA) is 39.9 Å². The summed E-state index contributed by atoms with van der Waals surface area (Å²) >= 11 is 3.56. The van der Waals surface area contributed by atoms with E-state index in [0.717, 1.165) is 25.1 Å². The molecule has 0 saturated heterocycles. The Morgan fingerprint density at radius 2 is 2.33 bits per heavy atom. The summed E-state index contributed by atoms with van der Waals surface area (Å²) in [5.74, 6) is 0. The third kappa shape index (κ3) is 3.57. The number of ether oxygens (including phenoxy) is 1. The van der Waals surface area contributed by atoms with Crippen LogP contribution in [0.1, 0.15) is 43.3 Å². The van der Waals surface area contributed by atoms with Crippen LogP contribution in [0, 0.1) is 0 Å². The van der Waals surface area contributed by atoms with Gasteiger partial charge < -0.3 is 4.74 Å². The Bertz CT molecular complexity index is 290. The Balaban J connectivity index is 2.58. The summed E-state index contributed by atoms with van der Waals surface area (Å²) < 4.78 is 6.94. The van der Waals surface area contributed by atoms with Gasteiger partial charge >= 0.3 is 0 Å². The molecule has 5 heteroatoms. The van der Waals surface area contributed by atoms with Crippen molar-refractivity contribution in [3.8, 4) is 0 Å². The Morgan fingerprint density at radius 3 is 2.93 bits per heavy atom. The van der Waals surface area contributed by atoms with Gasteiger partial charge in [-0.2, -0.15) is 0 Å². The molecule has 1 rings (SSSR count). The first-order valence-corrected chi connectivity index (χ1v) is 6.15. The van der Waals surface area contributed by atoms with Crippen molar-refractivity contribution in [3.63, 3.8) is 0 Å². The highest BCUT2D eigenvalue weighted by Gasteiger charge is 2.12. The van der Waals surface area contributed by atoms with E-state index in [9.17, 15) is 0 Å². The fourth-order valence-electron chi connectivity index (χ4n) is 1.28. The van der Waals surface area contributed by atoms with E-state index in [0.29, 0.717) is 10.9 Å². The minimum absolute atomic E-state index is 0.306. The molecular weight excluding hydrogens is 258 g/mol. The molecule has 0 aliphatic rings. The quantitative estimate of drug-likeness (QED) is 0.750. The number of hydrogen-bond acceptors (Lipinski definition) is 3. The Kier molecular flexibility index (Phi) is 5.25. The van der Waals surface area contributed by atoms with Crippen LogP contribution in [0.3, 0.4) is 0 Å². The van der Waals surface area contributed by atoms with Crippen molar-refractivity contribution >= 4 is 15.9 Å². The fourth-order valence-corrected chi connectivity index (χ4v) is 1.49. The van der Waals surface area contributed by atoms with E-state index in [4.69, 9.17) is 4.74 Å². The monoisotopic (exact) mass is 275 g/mol. The number of alkyl halides is 1. The van der Waals surface area contributed by atoms with Crippen LogP contribution < -0.4 is 0 Å². The molecule has 0 bridgehead atoms. The lowest BCUT2D eigenvalue weighted by Crippen LogP contribution is -2.08. The van der Waals surface area contributed by atoms with E-state index >= 15 is 0 Å². The van der Waals surface area contributed by atoms with Crippen molar-refractivity contribution in [2.45, 2.75) is 37.6 Å². The van der Waals surface area contributed by atoms with Crippen molar-refractivity contribution < 1.29 is 4.74 Å². The second-order valence-electron chi connectivity index (χ2n) is 3.63. The zero-order valence-corrected chi connectivity index (χ0v) is 11.1. The molecule has 2 unspecified atom stereocenters. The highest BCUT2D eigenvalue weighted by Crippen LogP contribution is 2.24. The van der Waals surface area contributed by atoms with Crippen LogP contribution >= 0.6 is 15.9 Å². The van der Waals surface area contributed by atoms with Crippen LogP contribution in [0.4, 0.5) is 0 Å². The van der Waals surface area contributed by atoms with Gasteiger partial charge in [-0.1, -0.05) is 28.1 Å². The Labute approximate surface area is 99.1 Å². The molecule has 0 aromatic carbocycles. The first kappa shape index (κ1) is 12.6. The number of hydrogen-bond donors (Lipinski definition) is 0. The van der Waals surface area contributed by atoms with Crippen molar-refractivity contribution in [2.24, 2.45) is 0 Å². The zero-order valence-electron chi connectivity index (χ0n) is 9.48. The van der Waals surface area contributed by atoms with Gasteiger partial charge in [-0.05, 0) is 19.8 Å². The second kappa shape index (κ2) is 6.23. The van der Waals surface area contributed by atoms with Gasteiger partial charge in [0, 0.05) is 19.9 Å². The third-order valence-corrected chi connectivity index (χ3v) is 3.52. The van der Waals surface area contributed by atoms with E-state index in [1.54, 1.807) is 7.11 Å². The minimum atomic E-state index is 0.306. The van der Waals surface area contributed by atoms with Crippen molar-refractivity contribution in [3.05, 3.63) is 11.9 Å². The molecule has 0 N–H and O–H groups in total. The summed E-state index contributed by atoms with van der Waals surface area (Å²) in [6.45, 7) is 4.99. The molecule has 15 heavy (non-hydrogen) atoms. The Hall–Kier alpha value is -0.420. The lowest BCUT2D eigenvalue weighted by atomic mass is 10.2. The van der Waals surface area contributed by atoms with E-state index in [-0.39, 0.29) is 0 Å². The zero-order chi connectivity index (χ0) is 11.3. The molecule has 0 amide bonds. The van der Waals surface area contributed by atoms with Crippen molar-refractivity contribution in [1.29, 1.82) is 0 Å². The summed E-state index contributed by atoms with van der Waals surface area (Å²) in [7, 11) is 1.71. The predicted molar refractivity (Wildman–Crippen MR) is 63.2 cm³/mol. The first-order valence-electron chi connectivity index (χ1n) is 5.23. The molecule has 0 radical (unpaired) electrons. The van der Waals surface area contributed by atoms with Gasteiger partial charge in [0.1, 0.15) is 0 Å². The van der Waals surface area contributed by atoms with Crippen LogP contribution in [0.5, 0.6) is 0 Å². The number of aromatic nitrogens is 3. The molecule has 0 fully saturated rings. The molecule has 0 saturated carbocycles. The smallest absolute Gasteiger partial charge is 0.0963 e. The van der Waals surface area contributed by atoms with Crippen LogP contribution in [0.25, 0.3) is 0 Å². The Morgan fingerprint density at radius 1 is 1.60 bits per heavy atom. The average Bonchev–Trinajstić information content (AvgIpc) is 2.74. The predicted octanol–water partition coefficient (Wildman–Crippen LogP) is 2.72. The maximum Gasteiger partial charge on any atom is 0.0963 e. The highest BCUT2D eigenvalue weighted by molar-refractivity contribution is 9.09. The van der Waals surface area contributed by atoms with Crippen LogP contribution in [0.15, 0.2) is 6.20 Å². The second-order valence-corrected chi connectivity index (χ2v) is 4.74. The molecule has 2 atom stereocenters. The number of nitrogens with zero attached hydrogens (tertiary/aromatic N) is 3. The molecular formula is C10H18BrN3O. The molecule has 4 nitrogen and oxygen atoms in total. The molecule has 0 spiro atoms. The first-order chi connectivity index (χ1) is 7.19. The lowest BCUT2D eigenvalue weighted by Gasteiger charge is -2.09. The summed E-state index contributed by atoms with van der Waals surface area (Å²) in [4.78, 5) is 0.306. The standard InChI is InChI=1S/C10H18BrN3O/c1-4-9(11)10-7-14(13-12-10)8(2)5-6-15-3/h7-9H,4-6H2,1-3H3. The van der Waals surface area contributed by atoms with Crippen LogP contribution in [-0.2, 0) is 4.74 Å². The summed E-state index contributed by atoms with van der Waals surface area (Å²) in [6.07, 6.45) is 3.98. The maximum atomic E-state index is 5.04. The molecule has 0 aliphatic heterocycles. The van der Waals surface area contributed by atoms with Gasteiger partial charge in [0.2, 0.25) is 0 Å². The number of rotatable bonds is 6. The van der Waals surface area contributed by atoms with Gasteiger partial charge in [-0.25, -0.2) is 4.68 Å². The normalized spacial score (nSPS) is 15.2. The molecule has 0 aliphatic carbocycles. The summed E-state index contributed by atoms with van der Waals surface area (Å²) in [6, 6.07) is 0.336.